The molecule has 1 aromatic heterocycles. The third-order valence-corrected chi connectivity index (χ3v) is 8.74. The van der Waals surface area contributed by atoms with Crippen LogP contribution in [0.4, 0.5) is 0 Å². The number of carbonyl (C=O) groups is 1. The Bertz CT molecular complexity index is 1660. The van der Waals surface area contributed by atoms with Gasteiger partial charge >= 0.3 is 0 Å². The van der Waals surface area contributed by atoms with Crippen LogP contribution in [0.15, 0.2) is 72.8 Å². The summed E-state index contributed by atoms with van der Waals surface area (Å²) in [4.78, 5) is 15.6. The topological polar surface area (TPSA) is 84.3 Å². The molecule has 0 aliphatic carbocycles. The van der Waals surface area contributed by atoms with Crippen LogP contribution in [-0.4, -0.2) is 48.4 Å². The van der Waals surface area contributed by atoms with Gasteiger partial charge in [0, 0.05) is 34.3 Å². The van der Waals surface area contributed by atoms with E-state index in [1.54, 1.807) is 39.9 Å². The minimum atomic E-state index is -3.50. The van der Waals surface area contributed by atoms with Crippen molar-refractivity contribution in [3.63, 3.8) is 0 Å². The lowest BCUT2D eigenvalue weighted by Gasteiger charge is -2.42. The van der Waals surface area contributed by atoms with Gasteiger partial charge in [0.15, 0.2) is 5.69 Å². The molecule has 40 heavy (non-hydrogen) atoms. The molecular formula is C29H27Cl3N4O3S. The minimum absolute atomic E-state index is 0.238. The Morgan fingerprint density at radius 1 is 0.925 bits per heavy atom. The number of aromatic nitrogens is 2. The summed E-state index contributed by atoms with van der Waals surface area (Å²) in [5.74, 6) is -0.238. The van der Waals surface area contributed by atoms with Crippen LogP contribution in [0.25, 0.3) is 16.9 Å². The lowest BCUT2D eigenvalue weighted by atomic mass is 9.82. The molecule has 0 unspecified atom stereocenters. The van der Waals surface area contributed by atoms with Crippen LogP contribution in [-0.2, 0) is 15.6 Å². The number of benzene rings is 3. The Morgan fingerprint density at radius 2 is 1.55 bits per heavy atom. The SMILES string of the molecule is Cc1c(C(=O)N2CCC(NS(C)(=O)=O)(c3ccccc3)CC2)nn(-c2ccc(Cl)cc2Cl)c1-c1ccc(Cl)cc1. The molecule has 208 valence electrons. The van der Waals surface area contributed by atoms with Crippen molar-refractivity contribution < 1.29 is 13.2 Å². The average Bonchev–Trinajstić information content (AvgIpc) is 3.25. The van der Waals surface area contributed by atoms with Gasteiger partial charge in [0.05, 0.1) is 28.2 Å². The third kappa shape index (κ3) is 5.78. The molecule has 0 radical (unpaired) electrons. The monoisotopic (exact) mass is 616 g/mol. The zero-order valence-corrected chi connectivity index (χ0v) is 24.9. The molecule has 5 rings (SSSR count). The quantitative estimate of drug-likeness (QED) is 0.268. The summed E-state index contributed by atoms with van der Waals surface area (Å²) >= 11 is 18.8. The first-order valence-corrected chi connectivity index (χ1v) is 15.6. The maximum absolute atomic E-state index is 13.9. The molecule has 4 aromatic rings. The van der Waals surface area contributed by atoms with Gasteiger partial charge in [0.25, 0.3) is 5.91 Å². The summed E-state index contributed by atoms with van der Waals surface area (Å²) < 4.78 is 29.1. The van der Waals surface area contributed by atoms with E-state index in [4.69, 9.17) is 39.9 Å². The fourth-order valence-electron chi connectivity index (χ4n) is 5.28. The number of sulfonamides is 1. The highest BCUT2D eigenvalue weighted by Gasteiger charge is 2.40. The van der Waals surface area contributed by atoms with Gasteiger partial charge in [0.2, 0.25) is 10.0 Å². The van der Waals surface area contributed by atoms with Crippen molar-refractivity contribution in [3.05, 3.63) is 105 Å². The number of piperidine rings is 1. The predicted octanol–water partition coefficient (Wildman–Crippen LogP) is 6.49. The molecule has 11 heteroatoms. The fourth-order valence-corrected chi connectivity index (χ4v) is 6.92. The van der Waals surface area contributed by atoms with Gasteiger partial charge in [-0.1, -0.05) is 77.3 Å². The molecule has 1 aliphatic heterocycles. The Labute approximate surface area is 248 Å². The molecular weight excluding hydrogens is 591 g/mol. The van der Waals surface area contributed by atoms with Gasteiger partial charge in [-0.15, -0.1) is 0 Å². The van der Waals surface area contributed by atoms with Crippen LogP contribution in [0, 0.1) is 6.92 Å². The molecule has 2 heterocycles. The lowest BCUT2D eigenvalue weighted by molar-refractivity contribution is 0.0651. The smallest absolute Gasteiger partial charge is 0.274 e. The predicted molar refractivity (Wildman–Crippen MR) is 160 cm³/mol. The van der Waals surface area contributed by atoms with Crippen LogP contribution >= 0.6 is 34.8 Å². The highest BCUT2D eigenvalue weighted by Crippen LogP contribution is 2.36. The van der Waals surface area contributed by atoms with E-state index in [1.807, 2.05) is 49.4 Å². The zero-order chi connectivity index (χ0) is 28.7. The average molecular weight is 618 g/mol. The van der Waals surface area contributed by atoms with E-state index in [0.717, 1.165) is 17.4 Å². The van der Waals surface area contributed by atoms with Crippen molar-refractivity contribution in [1.82, 2.24) is 19.4 Å². The second kappa shape index (κ2) is 11.2. The third-order valence-electron chi connectivity index (χ3n) is 7.19. The maximum atomic E-state index is 13.9. The Hall–Kier alpha value is -2.88. The lowest BCUT2D eigenvalue weighted by Crippen LogP contribution is -2.53. The molecule has 0 atom stereocenters. The number of likely N-dealkylation sites (tertiary alicyclic amines) is 1. The summed E-state index contributed by atoms with van der Waals surface area (Å²) in [6.45, 7) is 2.55. The largest absolute Gasteiger partial charge is 0.337 e. The summed E-state index contributed by atoms with van der Waals surface area (Å²) in [6.07, 6.45) is 2.00. The van der Waals surface area contributed by atoms with E-state index < -0.39 is 15.6 Å². The van der Waals surface area contributed by atoms with Crippen LogP contribution in [0.5, 0.6) is 0 Å². The highest BCUT2D eigenvalue weighted by molar-refractivity contribution is 7.88. The van der Waals surface area contributed by atoms with Gasteiger partial charge in [-0.2, -0.15) is 5.10 Å². The fraction of sp³-hybridized carbons (Fsp3) is 0.241. The molecule has 3 aromatic carbocycles. The van der Waals surface area contributed by atoms with Gasteiger partial charge in [-0.25, -0.2) is 17.8 Å². The van der Waals surface area contributed by atoms with Crippen molar-refractivity contribution in [3.8, 4) is 16.9 Å². The summed E-state index contributed by atoms with van der Waals surface area (Å²) in [7, 11) is -3.50. The molecule has 1 amide bonds. The van der Waals surface area contributed by atoms with Crippen molar-refractivity contribution >= 4 is 50.7 Å². The molecule has 0 saturated carbocycles. The molecule has 1 N–H and O–H groups in total. The van der Waals surface area contributed by atoms with Gasteiger partial charge in [-0.05, 0) is 55.7 Å². The maximum Gasteiger partial charge on any atom is 0.274 e. The molecule has 0 spiro atoms. The van der Waals surface area contributed by atoms with Crippen LogP contribution < -0.4 is 4.72 Å². The number of hydrogen-bond acceptors (Lipinski definition) is 4. The van der Waals surface area contributed by atoms with E-state index in [1.165, 1.54) is 0 Å². The zero-order valence-electron chi connectivity index (χ0n) is 21.9. The first-order chi connectivity index (χ1) is 19.0. The number of nitrogens with zero attached hydrogens (tertiary/aromatic N) is 3. The Balaban J connectivity index is 1.51. The first kappa shape index (κ1) is 28.6. The molecule has 7 nitrogen and oxygen atoms in total. The summed E-state index contributed by atoms with van der Waals surface area (Å²) in [5, 5.41) is 6.22. The Kier molecular flexibility index (Phi) is 8.01. The molecule has 0 bridgehead atoms. The van der Waals surface area contributed by atoms with Crippen molar-refractivity contribution in [1.29, 1.82) is 0 Å². The molecule has 1 aliphatic rings. The van der Waals surface area contributed by atoms with E-state index in [-0.39, 0.29) is 5.91 Å². The number of halogens is 3. The van der Waals surface area contributed by atoms with Gasteiger partial charge in [-0.3, -0.25) is 4.79 Å². The van der Waals surface area contributed by atoms with Crippen LogP contribution in [0.3, 0.4) is 0 Å². The number of amides is 1. The Morgan fingerprint density at radius 3 is 2.15 bits per heavy atom. The molecule has 1 fully saturated rings. The van der Waals surface area contributed by atoms with E-state index in [2.05, 4.69) is 4.72 Å². The van der Waals surface area contributed by atoms with Crippen molar-refractivity contribution in [2.24, 2.45) is 0 Å². The minimum Gasteiger partial charge on any atom is -0.337 e. The summed E-state index contributed by atoms with van der Waals surface area (Å²) in [6, 6.07) is 21.9. The normalized spacial score (nSPS) is 15.3. The van der Waals surface area contributed by atoms with Crippen molar-refractivity contribution in [2.45, 2.75) is 25.3 Å². The highest BCUT2D eigenvalue weighted by atomic mass is 35.5. The number of rotatable bonds is 6. The second-order valence-electron chi connectivity index (χ2n) is 9.95. The number of hydrogen-bond donors (Lipinski definition) is 1. The number of carbonyl (C=O) groups excluding carboxylic acids is 1. The van der Waals surface area contributed by atoms with E-state index in [0.29, 0.717) is 63.6 Å². The van der Waals surface area contributed by atoms with Crippen molar-refractivity contribution in [2.75, 3.05) is 19.3 Å². The van der Waals surface area contributed by atoms with Gasteiger partial charge in [0.1, 0.15) is 0 Å². The standard InChI is InChI=1S/C29H27Cl3N4O3S/c1-19-26(28(37)35-16-14-29(15-17-35,34-40(2,38)39)21-6-4-3-5-7-21)33-36(25-13-12-23(31)18-24(25)32)27(19)20-8-10-22(30)11-9-20/h3-13,18,34H,14-17H2,1-2H3. The second-order valence-corrected chi connectivity index (χ2v) is 13.0. The number of nitrogens with one attached hydrogen (secondary N) is 1. The van der Waals surface area contributed by atoms with Crippen LogP contribution in [0.1, 0.15) is 34.5 Å². The first-order valence-electron chi connectivity index (χ1n) is 12.6. The summed E-state index contributed by atoms with van der Waals surface area (Å²) in [5.41, 5.74) is 3.15. The van der Waals surface area contributed by atoms with E-state index >= 15 is 0 Å². The van der Waals surface area contributed by atoms with Gasteiger partial charge < -0.3 is 4.90 Å². The van der Waals surface area contributed by atoms with Crippen LogP contribution in [0.2, 0.25) is 15.1 Å². The van der Waals surface area contributed by atoms with E-state index in [9.17, 15) is 13.2 Å². The molecule has 1 saturated heterocycles.